The lowest BCUT2D eigenvalue weighted by atomic mass is 10.2. The van der Waals surface area contributed by atoms with Crippen LogP contribution in [0.2, 0.25) is 5.02 Å². The van der Waals surface area contributed by atoms with Crippen LogP contribution in [0.4, 0.5) is 5.69 Å². The van der Waals surface area contributed by atoms with Gasteiger partial charge in [0.1, 0.15) is 16.0 Å². The third kappa shape index (κ3) is 2.71. The molecular weight excluding hydrogens is 372 g/mol. The second kappa shape index (κ2) is 6.63. The SMILES string of the molecule is COc1ccccc1N1C(=O)C2=CN=C(c3ccc(Cl)cc3)SC2C1=O. The Morgan fingerprint density at radius 2 is 1.85 bits per heavy atom. The van der Waals surface area contributed by atoms with Gasteiger partial charge in [0.2, 0.25) is 0 Å². The number of amides is 2. The van der Waals surface area contributed by atoms with E-state index in [0.29, 0.717) is 27.1 Å². The summed E-state index contributed by atoms with van der Waals surface area (Å²) in [6.45, 7) is 0. The van der Waals surface area contributed by atoms with Crippen molar-refractivity contribution in [3.8, 4) is 5.75 Å². The molecule has 7 heteroatoms. The molecule has 1 atom stereocenters. The number of fused-ring (bicyclic) bond motifs is 1. The molecule has 2 aliphatic heterocycles. The molecule has 2 aliphatic rings. The average Bonchev–Trinajstić information content (AvgIpc) is 2.92. The molecule has 0 bridgehead atoms. The van der Waals surface area contributed by atoms with Crippen molar-refractivity contribution in [2.45, 2.75) is 5.25 Å². The number of para-hydroxylation sites is 2. The average molecular weight is 385 g/mol. The Bertz CT molecular complexity index is 969. The summed E-state index contributed by atoms with van der Waals surface area (Å²) in [6.07, 6.45) is 1.49. The van der Waals surface area contributed by atoms with Gasteiger partial charge in [-0.2, -0.15) is 0 Å². The minimum atomic E-state index is -0.615. The zero-order chi connectivity index (χ0) is 18.3. The Hall–Kier alpha value is -2.57. The molecule has 2 aromatic rings. The third-order valence-corrected chi connectivity index (χ3v) is 5.65. The maximum absolute atomic E-state index is 13.0. The summed E-state index contributed by atoms with van der Waals surface area (Å²) in [5.74, 6) is -0.190. The van der Waals surface area contributed by atoms with E-state index in [9.17, 15) is 9.59 Å². The molecule has 0 radical (unpaired) electrons. The highest BCUT2D eigenvalue weighted by Gasteiger charge is 2.47. The molecule has 5 nitrogen and oxygen atoms in total. The molecule has 2 aromatic carbocycles. The van der Waals surface area contributed by atoms with Crippen LogP contribution in [0.1, 0.15) is 5.56 Å². The molecule has 1 unspecified atom stereocenters. The fourth-order valence-corrected chi connectivity index (χ4v) is 4.11. The standard InChI is InChI=1S/C19H13ClN2O3S/c1-25-15-5-3-2-4-14(15)22-18(23)13-10-21-17(26-16(13)19(22)24)11-6-8-12(20)9-7-11/h2-10,16H,1H3. The van der Waals surface area contributed by atoms with Crippen LogP contribution in [0, 0.1) is 0 Å². The van der Waals surface area contributed by atoms with Crippen molar-refractivity contribution >= 4 is 45.9 Å². The predicted octanol–water partition coefficient (Wildman–Crippen LogP) is 3.67. The number of thioether (sulfide) groups is 1. The summed E-state index contributed by atoms with van der Waals surface area (Å²) in [5, 5.41) is 0.690. The second-order valence-corrected chi connectivity index (χ2v) is 7.20. The summed E-state index contributed by atoms with van der Waals surface area (Å²) in [6, 6.07) is 14.2. The fraction of sp³-hybridized carbons (Fsp3) is 0.105. The summed E-state index contributed by atoms with van der Waals surface area (Å²) in [4.78, 5) is 31.3. The molecular formula is C19H13ClN2O3S. The molecule has 0 aliphatic carbocycles. The number of aliphatic imine (C=N–C) groups is 1. The maximum atomic E-state index is 13.0. The van der Waals surface area contributed by atoms with Gasteiger partial charge in [-0.05, 0) is 24.3 Å². The van der Waals surface area contributed by atoms with Gasteiger partial charge < -0.3 is 4.74 Å². The summed E-state index contributed by atoms with van der Waals surface area (Å²) in [5.41, 5.74) is 1.67. The lowest BCUT2D eigenvalue weighted by Gasteiger charge is -2.17. The quantitative estimate of drug-likeness (QED) is 0.757. The first-order valence-electron chi connectivity index (χ1n) is 7.82. The lowest BCUT2D eigenvalue weighted by Crippen LogP contribution is -2.31. The van der Waals surface area contributed by atoms with Gasteiger partial charge in [-0.25, -0.2) is 9.89 Å². The monoisotopic (exact) mass is 384 g/mol. The number of benzene rings is 2. The highest BCUT2D eigenvalue weighted by Crippen LogP contribution is 2.40. The van der Waals surface area contributed by atoms with Crippen molar-refractivity contribution in [3.63, 3.8) is 0 Å². The Kier molecular flexibility index (Phi) is 4.30. The molecule has 130 valence electrons. The smallest absolute Gasteiger partial charge is 0.264 e. The van der Waals surface area contributed by atoms with E-state index in [1.54, 1.807) is 36.4 Å². The van der Waals surface area contributed by atoms with E-state index >= 15 is 0 Å². The lowest BCUT2D eigenvalue weighted by molar-refractivity contribution is -0.120. The van der Waals surface area contributed by atoms with Crippen LogP contribution in [0.15, 0.2) is 65.3 Å². The summed E-state index contributed by atoms with van der Waals surface area (Å²) in [7, 11) is 1.51. The summed E-state index contributed by atoms with van der Waals surface area (Å²) < 4.78 is 5.30. The Morgan fingerprint density at radius 1 is 1.12 bits per heavy atom. The van der Waals surface area contributed by atoms with Crippen molar-refractivity contribution < 1.29 is 14.3 Å². The number of rotatable bonds is 3. The molecule has 0 saturated carbocycles. The number of hydrogen-bond acceptors (Lipinski definition) is 5. The van der Waals surface area contributed by atoms with E-state index < -0.39 is 5.25 Å². The van der Waals surface area contributed by atoms with Crippen LogP contribution in [0.5, 0.6) is 5.75 Å². The van der Waals surface area contributed by atoms with E-state index in [4.69, 9.17) is 16.3 Å². The van der Waals surface area contributed by atoms with Gasteiger partial charge in [0.25, 0.3) is 11.8 Å². The first-order valence-corrected chi connectivity index (χ1v) is 9.07. The van der Waals surface area contributed by atoms with Crippen molar-refractivity contribution in [2.24, 2.45) is 4.99 Å². The van der Waals surface area contributed by atoms with Crippen molar-refractivity contribution in [1.82, 2.24) is 0 Å². The van der Waals surface area contributed by atoms with Crippen LogP contribution in [0.3, 0.4) is 0 Å². The number of methoxy groups -OCH3 is 1. The van der Waals surface area contributed by atoms with Gasteiger partial charge in [0.15, 0.2) is 0 Å². The van der Waals surface area contributed by atoms with Crippen LogP contribution in [0.25, 0.3) is 0 Å². The fourth-order valence-electron chi connectivity index (χ4n) is 2.88. The van der Waals surface area contributed by atoms with Crippen LogP contribution in [-0.4, -0.2) is 29.2 Å². The van der Waals surface area contributed by atoms with Gasteiger partial charge in [0, 0.05) is 16.8 Å². The minimum Gasteiger partial charge on any atom is -0.495 e. The van der Waals surface area contributed by atoms with Gasteiger partial charge in [-0.3, -0.25) is 9.59 Å². The second-order valence-electron chi connectivity index (χ2n) is 5.67. The zero-order valence-electron chi connectivity index (χ0n) is 13.7. The zero-order valence-corrected chi connectivity index (χ0v) is 15.3. The minimum absolute atomic E-state index is 0.294. The Balaban J connectivity index is 1.68. The van der Waals surface area contributed by atoms with Crippen molar-refractivity contribution in [1.29, 1.82) is 0 Å². The number of carbonyl (C=O) groups is 2. The topological polar surface area (TPSA) is 59.0 Å². The van der Waals surface area contributed by atoms with E-state index in [1.807, 2.05) is 12.1 Å². The number of hydrogen-bond donors (Lipinski definition) is 0. The van der Waals surface area contributed by atoms with Gasteiger partial charge >= 0.3 is 0 Å². The van der Waals surface area contributed by atoms with Gasteiger partial charge in [0.05, 0.1) is 18.4 Å². The normalized spacial score (nSPS) is 19.2. The highest BCUT2D eigenvalue weighted by atomic mass is 35.5. The van der Waals surface area contributed by atoms with Gasteiger partial charge in [-0.15, -0.1) is 0 Å². The molecule has 2 heterocycles. The van der Waals surface area contributed by atoms with E-state index in [-0.39, 0.29) is 11.8 Å². The molecule has 1 saturated heterocycles. The molecule has 1 fully saturated rings. The molecule has 2 amide bonds. The number of nitrogens with zero attached hydrogens (tertiary/aromatic N) is 2. The van der Waals surface area contributed by atoms with Crippen LogP contribution >= 0.6 is 23.4 Å². The Morgan fingerprint density at radius 3 is 2.58 bits per heavy atom. The number of halogens is 1. The molecule has 0 N–H and O–H groups in total. The van der Waals surface area contributed by atoms with Crippen molar-refractivity contribution in [2.75, 3.05) is 12.0 Å². The number of anilines is 1. The first kappa shape index (κ1) is 16.9. The maximum Gasteiger partial charge on any atom is 0.264 e. The third-order valence-electron chi connectivity index (χ3n) is 4.14. The molecule has 0 aromatic heterocycles. The highest BCUT2D eigenvalue weighted by molar-refractivity contribution is 8.15. The molecule has 0 spiro atoms. The van der Waals surface area contributed by atoms with Crippen LogP contribution < -0.4 is 9.64 Å². The van der Waals surface area contributed by atoms with Crippen LogP contribution in [-0.2, 0) is 9.59 Å². The van der Waals surface area contributed by atoms with Crippen molar-refractivity contribution in [3.05, 3.63) is 70.9 Å². The molecule has 4 rings (SSSR count). The largest absolute Gasteiger partial charge is 0.495 e. The van der Waals surface area contributed by atoms with E-state index in [0.717, 1.165) is 5.56 Å². The number of ether oxygens (including phenoxy) is 1. The number of imide groups is 1. The summed E-state index contributed by atoms with van der Waals surface area (Å²) >= 11 is 7.19. The van der Waals surface area contributed by atoms with Gasteiger partial charge in [-0.1, -0.05) is 47.6 Å². The Labute approximate surface area is 159 Å². The van der Waals surface area contributed by atoms with E-state index in [1.165, 1.54) is 30.0 Å². The predicted molar refractivity (Wildman–Crippen MR) is 103 cm³/mol. The molecule has 26 heavy (non-hydrogen) atoms. The van der Waals surface area contributed by atoms with E-state index in [2.05, 4.69) is 4.99 Å². The first-order chi connectivity index (χ1) is 12.6. The number of carbonyl (C=O) groups excluding carboxylic acids is 2.